The highest BCUT2D eigenvalue weighted by Crippen LogP contribution is 2.26. The van der Waals surface area contributed by atoms with Crippen molar-refractivity contribution in [3.63, 3.8) is 0 Å². The molecule has 0 aromatic heterocycles. The highest BCUT2D eigenvalue weighted by molar-refractivity contribution is 5.27. The standard InChI is InChI=1S/C24H30N2O/c1-19-12-14-20(15-13-19)18-27-17-16-26-24(22-10-6-3-7-11-22)23(25)21-8-4-2-5-9-21/h2-12,15,23-24,26H,13-14,16-18,25H2,1H3/t23-,24-/m1/s1. The Balaban J connectivity index is 1.53. The summed E-state index contributed by atoms with van der Waals surface area (Å²) >= 11 is 0. The van der Waals surface area contributed by atoms with Gasteiger partial charge in [-0.1, -0.05) is 78.4 Å². The summed E-state index contributed by atoms with van der Waals surface area (Å²) in [6.45, 7) is 4.33. The van der Waals surface area contributed by atoms with Crippen LogP contribution in [0.1, 0.15) is 43.0 Å². The molecule has 0 heterocycles. The third-order valence-electron chi connectivity index (χ3n) is 5.03. The van der Waals surface area contributed by atoms with Gasteiger partial charge in [0.05, 0.1) is 19.3 Å². The summed E-state index contributed by atoms with van der Waals surface area (Å²) in [6, 6.07) is 20.6. The molecule has 0 aliphatic heterocycles. The fourth-order valence-electron chi connectivity index (χ4n) is 3.37. The Bertz CT molecular complexity index is 752. The molecule has 0 bridgehead atoms. The Hall–Kier alpha value is -2.20. The summed E-state index contributed by atoms with van der Waals surface area (Å²) in [5.41, 5.74) is 11.8. The maximum absolute atomic E-state index is 6.60. The van der Waals surface area contributed by atoms with E-state index in [1.807, 2.05) is 24.3 Å². The van der Waals surface area contributed by atoms with Gasteiger partial charge in [0.1, 0.15) is 0 Å². The molecular weight excluding hydrogens is 332 g/mol. The number of ether oxygens (including phenoxy) is 1. The van der Waals surface area contributed by atoms with E-state index in [2.05, 4.69) is 60.8 Å². The lowest BCUT2D eigenvalue weighted by atomic mass is 9.94. The Morgan fingerprint density at radius 1 is 0.926 bits per heavy atom. The molecule has 0 saturated carbocycles. The van der Waals surface area contributed by atoms with E-state index in [0.717, 1.165) is 24.9 Å². The molecule has 2 atom stereocenters. The first-order valence-corrected chi connectivity index (χ1v) is 9.74. The summed E-state index contributed by atoms with van der Waals surface area (Å²) < 4.78 is 5.88. The molecule has 142 valence electrons. The first kappa shape index (κ1) is 19.6. The van der Waals surface area contributed by atoms with Crippen LogP contribution in [0.2, 0.25) is 0 Å². The van der Waals surface area contributed by atoms with Crippen molar-refractivity contribution in [2.24, 2.45) is 5.73 Å². The molecule has 1 aliphatic rings. The number of hydrogen-bond acceptors (Lipinski definition) is 3. The molecule has 0 fully saturated rings. The van der Waals surface area contributed by atoms with Crippen molar-refractivity contribution >= 4 is 0 Å². The van der Waals surface area contributed by atoms with E-state index in [9.17, 15) is 0 Å². The Morgan fingerprint density at radius 2 is 1.59 bits per heavy atom. The second-order valence-corrected chi connectivity index (χ2v) is 7.15. The minimum atomic E-state index is -0.109. The molecule has 0 saturated heterocycles. The predicted molar refractivity (Wildman–Crippen MR) is 112 cm³/mol. The van der Waals surface area contributed by atoms with Crippen LogP contribution in [0.5, 0.6) is 0 Å². The lowest BCUT2D eigenvalue weighted by molar-refractivity contribution is 0.152. The van der Waals surface area contributed by atoms with Crippen molar-refractivity contribution in [3.8, 4) is 0 Å². The first-order valence-electron chi connectivity index (χ1n) is 9.74. The zero-order chi connectivity index (χ0) is 18.9. The number of benzene rings is 2. The Labute approximate surface area is 162 Å². The van der Waals surface area contributed by atoms with E-state index in [0.29, 0.717) is 13.2 Å². The smallest absolute Gasteiger partial charge is 0.0680 e. The van der Waals surface area contributed by atoms with Gasteiger partial charge in [0.25, 0.3) is 0 Å². The quantitative estimate of drug-likeness (QED) is 0.502. The molecule has 3 N–H and O–H groups in total. The van der Waals surface area contributed by atoms with Crippen LogP contribution in [0.3, 0.4) is 0 Å². The Kier molecular flexibility index (Phi) is 7.40. The average molecular weight is 363 g/mol. The van der Waals surface area contributed by atoms with Crippen LogP contribution in [-0.4, -0.2) is 19.8 Å². The molecule has 3 heteroatoms. The normalized spacial score (nSPS) is 16.4. The summed E-state index contributed by atoms with van der Waals surface area (Å²) in [4.78, 5) is 0. The fourth-order valence-corrected chi connectivity index (χ4v) is 3.37. The van der Waals surface area contributed by atoms with Crippen molar-refractivity contribution in [1.82, 2.24) is 5.32 Å². The number of hydrogen-bond donors (Lipinski definition) is 2. The van der Waals surface area contributed by atoms with Crippen molar-refractivity contribution in [1.29, 1.82) is 0 Å². The predicted octanol–water partition coefficient (Wildman–Crippen LogP) is 4.70. The van der Waals surface area contributed by atoms with Crippen LogP contribution < -0.4 is 11.1 Å². The van der Waals surface area contributed by atoms with Crippen LogP contribution in [0.25, 0.3) is 0 Å². The highest BCUT2D eigenvalue weighted by Gasteiger charge is 2.20. The lowest BCUT2D eigenvalue weighted by Gasteiger charge is -2.26. The fraction of sp³-hybridized carbons (Fsp3) is 0.333. The minimum absolute atomic E-state index is 0.0525. The van der Waals surface area contributed by atoms with Crippen molar-refractivity contribution in [2.75, 3.05) is 19.8 Å². The third kappa shape index (κ3) is 5.90. The van der Waals surface area contributed by atoms with Crippen LogP contribution >= 0.6 is 0 Å². The van der Waals surface area contributed by atoms with Crippen molar-refractivity contribution < 1.29 is 4.74 Å². The van der Waals surface area contributed by atoms with Gasteiger partial charge in [-0.25, -0.2) is 0 Å². The lowest BCUT2D eigenvalue weighted by Crippen LogP contribution is -2.34. The molecule has 0 amide bonds. The van der Waals surface area contributed by atoms with E-state index in [-0.39, 0.29) is 12.1 Å². The molecule has 27 heavy (non-hydrogen) atoms. The van der Waals surface area contributed by atoms with Crippen molar-refractivity contribution in [3.05, 3.63) is 95.1 Å². The average Bonchev–Trinajstić information content (AvgIpc) is 2.73. The minimum Gasteiger partial charge on any atom is -0.376 e. The van der Waals surface area contributed by atoms with Gasteiger partial charge < -0.3 is 15.8 Å². The third-order valence-corrected chi connectivity index (χ3v) is 5.03. The molecular formula is C24H30N2O. The maximum Gasteiger partial charge on any atom is 0.0680 e. The maximum atomic E-state index is 6.60. The summed E-state index contributed by atoms with van der Waals surface area (Å²) in [5.74, 6) is 0. The summed E-state index contributed by atoms with van der Waals surface area (Å²) in [6.07, 6.45) is 6.66. The molecule has 2 aromatic carbocycles. The van der Waals surface area contributed by atoms with Gasteiger partial charge >= 0.3 is 0 Å². The van der Waals surface area contributed by atoms with Crippen LogP contribution in [0, 0.1) is 0 Å². The molecule has 0 unspecified atom stereocenters. The van der Waals surface area contributed by atoms with E-state index in [1.54, 1.807) is 0 Å². The zero-order valence-electron chi connectivity index (χ0n) is 16.1. The molecule has 3 nitrogen and oxygen atoms in total. The van der Waals surface area contributed by atoms with E-state index >= 15 is 0 Å². The number of nitrogens with one attached hydrogen (secondary N) is 1. The summed E-state index contributed by atoms with van der Waals surface area (Å²) in [5, 5.41) is 3.60. The van der Waals surface area contributed by atoms with E-state index in [1.165, 1.54) is 16.7 Å². The number of nitrogens with two attached hydrogens (primary N) is 1. The monoisotopic (exact) mass is 362 g/mol. The molecule has 0 radical (unpaired) electrons. The molecule has 3 rings (SSSR count). The van der Waals surface area contributed by atoms with E-state index in [4.69, 9.17) is 10.5 Å². The first-order chi connectivity index (χ1) is 13.2. The largest absolute Gasteiger partial charge is 0.376 e. The number of rotatable bonds is 9. The second kappa shape index (κ2) is 10.2. The molecule has 0 spiro atoms. The van der Waals surface area contributed by atoms with Crippen molar-refractivity contribution in [2.45, 2.75) is 31.8 Å². The van der Waals surface area contributed by atoms with Crippen LogP contribution in [0.4, 0.5) is 0 Å². The van der Waals surface area contributed by atoms with Gasteiger partial charge in [0.2, 0.25) is 0 Å². The van der Waals surface area contributed by atoms with E-state index < -0.39 is 0 Å². The van der Waals surface area contributed by atoms with Gasteiger partial charge in [-0.2, -0.15) is 0 Å². The van der Waals surface area contributed by atoms with Gasteiger partial charge in [0.15, 0.2) is 0 Å². The summed E-state index contributed by atoms with van der Waals surface area (Å²) in [7, 11) is 0. The zero-order valence-corrected chi connectivity index (χ0v) is 16.1. The highest BCUT2D eigenvalue weighted by atomic mass is 16.5. The molecule has 2 aromatic rings. The Morgan fingerprint density at radius 3 is 2.22 bits per heavy atom. The van der Waals surface area contributed by atoms with Crippen LogP contribution in [-0.2, 0) is 4.74 Å². The second-order valence-electron chi connectivity index (χ2n) is 7.15. The number of allylic oxidation sites excluding steroid dienone is 3. The van der Waals surface area contributed by atoms with Gasteiger partial charge in [-0.15, -0.1) is 0 Å². The van der Waals surface area contributed by atoms with Gasteiger partial charge in [0, 0.05) is 12.6 Å². The molecule has 1 aliphatic carbocycles. The van der Waals surface area contributed by atoms with Crippen LogP contribution in [0.15, 0.2) is 84.0 Å². The van der Waals surface area contributed by atoms with Gasteiger partial charge in [-0.3, -0.25) is 0 Å². The topological polar surface area (TPSA) is 47.3 Å². The van der Waals surface area contributed by atoms with Gasteiger partial charge in [-0.05, 0) is 36.5 Å². The SMILES string of the molecule is CC1=CCC(COCCN[C@H](c2ccccc2)[C@H](N)c2ccccc2)=CC1.